The Kier molecular flexibility index (Phi) is 4.70. The molecule has 1 saturated heterocycles. The first-order chi connectivity index (χ1) is 9.11. The Morgan fingerprint density at radius 1 is 1.47 bits per heavy atom. The van der Waals surface area contributed by atoms with Gasteiger partial charge < -0.3 is 24.4 Å². The zero-order chi connectivity index (χ0) is 13.8. The molecule has 1 heterocycles. The number of hydrogen-bond acceptors (Lipinski definition) is 5. The van der Waals surface area contributed by atoms with E-state index in [-0.39, 0.29) is 11.9 Å². The van der Waals surface area contributed by atoms with Crippen molar-refractivity contribution in [3.05, 3.63) is 17.7 Å². The van der Waals surface area contributed by atoms with Crippen LogP contribution in [0.4, 0.5) is 5.69 Å². The number of phenolic OH excluding ortho intramolecular Hbond substituents is 1. The van der Waals surface area contributed by atoms with Gasteiger partial charge in [-0.3, -0.25) is 4.79 Å². The molecular weight excluding hydrogens is 361 g/mol. The molecule has 104 valence electrons. The first-order valence-corrected chi connectivity index (χ1v) is 7.10. The van der Waals surface area contributed by atoms with Gasteiger partial charge in [-0.1, -0.05) is 0 Å². The number of nitrogens with one attached hydrogen (secondary N) is 2. The number of halogens is 1. The summed E-state index contributed by atoms with van der Waals surface area (Å²) >= 11 is 1.88. The summed E-state index contributed by atoms with van der Waals surface area (Å²) < 4.78 is 8.54. The Labute approximate surface area is 125 Å². The number of primary amides is 1. The van der Waals surface area contributed by atoms with E-state index in [0.717, 1.165) is 25.9 Å². The molecule has 1 fully saturated rings. The number of phenols is 1. The third-order valence-electron chi connectivity index (χ3n) is 3.05. The van der Waals surface area contributed by atoms with Gasteiger partial charge in [0.25, 0.3) is 5.91 Å². The van der Waals surface area contributed by atoms with Crippen LogP contribution in [0.25, 0.3) is 0 Å². The summed E-state index contributed by atoms with van der Waals surface area (Å²) in [5.41, 5.74) is 6.09. The van der Waals surface area contributed by atoms with E-state index < -0.39 is 5.91 Å². The van der Waals surface area contributed by atoms with E-state index >= 15 is 0 Å². The van der Waals surface area contributed by atoms with Gasteiger partial charge in [0.05, 0.1) is 34.1 Å². The molecule has 1 aliphatic rings. The highest BCUT2D eigenvalue weighted by Gasteiger charge is 2.19. The number of aromatic hydroxyl groups is 1. The van der Waals surface area contributed by atoms with Crippen molar-refractivity contribution in [1.29, 1.82) is 0 Å². The summed E-state index contributed by atoms with van der Waals surface area (Å²) in [5.74, 6) is -0.256. The van der Waals surface area contributed by atoms with Gasteiger partial charge in [-0.05, 0) is 32.0 Å². The molecule has 1 amide bonds. The molecule has 1 aromatic carbocycles. The predicted molar refractivity (Wildman–Crippen MR) is 80.8 cm³/mol. The van der Waals surface area contributed by atoms with Gasteiger partial charge in [0.2, 0.25) is 0 Å². The fourth-order valence-corrected chi connectivity index (χ4v) is 2.48. The van der Waals surface area contributed by atoms with E-state index in [9.17, 15) is 9.90 Å². The molecule has 0 aromatic heterocycles. The highest BCUT2D eigenvalue weighted by Crippen LogP contribution is 2.34. The fraction of sp³-hybridized carbons (Fsp3) is 0.417. The summed E-state index contributed by atoms with van der Waals surface area (Å²) in [5, 5.41) is 13.2. The van der Waals surface area contributed by atoms with Crippen molar-refractivity contribution >= 4 is 34.5 Å². The minimum absolute atomic E-state index is 0.00250. The van der Waals surface area contributed by atoms with E-state index in [2.05, 4.69) is 8.85 Å². The van der Waals surface area contributed by atoms with Crippen LogP contribution in [0.15, 0.2) is 12.1 Å². The molecular formula is C12H16IN3O3. The molecule has 0 bridgehead atoms. The highest BCUT2D eigenvalue weighted by molar-refractivity contribution is 14.1. The van der Waals surface area contributed by atoms with Crippen LogP contribution < -0.4 is 19.3 Å². The van der Waals surface area contributed by atoms with E-state index in [1.54, 1.807) is 0 Å². The normalized spacial score (nSPS) is 16.1. The molecule has 0 radical (unpaired) electrons. The van der Waals surface area contributed by atoms with Crippen molar-refractivity contribution in [3.63, 3.8) is 0 Å². The largest absolute Gasteiger partial charge is 0.504 e. The number of carbonyl (C=O) groups excluding carboxylic acids is 1. The molecule has 0 aliphatic carbocycles. The van der Waals surface area contributed by atoms with Gasteiger partial charge in [-0.2, -0.15) is 0 Å². The Morgan fingerprint density at radius 2 is 2.16 bits per heavy atom. The number of ether oxygens (including phenoxy) is 1. The number of rotatable bonds is 4. The van der Waals surface area contributed by atoms with E-state index in [1.807, 2.05) is 22.9 Å². The van der Waals surface area contributed by atoms with E-state index in [4.69, 9.17) is 10.5 Å². The summed E-state index contributed by atoms with van der Waals surface area (Å²) in [7, 11) is 0. The van der Waals surface area contributed by atoms with Crippen molar-refractivity contribution in [3.8, 4) is 11.5 Å². The molecule has 0 spiro atoms. The van der Waals surface area contributed by atoms with Crippen molar-refractivity contribution in [1.82, 2.24) is 5.32 Å². The zero-order valence-corrected chi connectivity index (χ0v) is 12.4. The van der Waals surface area contributed by atoms with Crippen LogP contribution in [0.2, 0.25) is 0 Å². The maximum atomic E-state index is 11.4. The molecule has 0 saturated carbocycles. The second-order valence-electron chi connectivity index (χ2n) is 4.39. The van der Waals surface area contributed by atoms with Gasteiger partial charge in [0.1, 0.15) is 6.10 Å². The fourth-order valence-electron chi connectivity index (χ4n) is 2.04. The Morgan fingerprint density at radius 3 is 2.74 bits per heavy atom. The molecule has 0 unspecified atom stereocenters. The molecule has 19 heavy (non-hydrogen) atoms. The van der Waals surface area contributed by atoms with Crippen LogP contribution in [0.3, 0.4) is 0 Å². The number of anilines is 1. The lowest BCUT2D eigenvalue weighted by atomic mass is 10.1. The van der Waals surface area contributed by atoms with Gasteiger partial charge in [-0.15, -0.1) is 0 Å². The Hall–Kier alpha value is -1.22. The van der Waals surface area contributed by atoms with Crippen LogP contribution >= 0.6 is 22.9 Å². The zero-order valence-electron chi connectivity index (χ0n) is 10.3. The maximum Gasteiger partial charge on any atom is 0.250 e. The average Bonchev–Trinajstić information content (AvgIpc) is 2.41. The molecule has 6 nitrogen and oxygen atoms in total. The number of nitrogens with two attached hydrogens (primary N) is 1. The lowest BCUT2D eigenvalue weighted by molar-refractivity contribution is 0.0999. The van der Waals surface area contributed by atoms with Gasteiger partial charge in [-0.25, -0.2) is 0 Å². The van der Waals surface area contributed by atoms with Crippen LogP contribution in [0, 0.1) is 0 Å². The SMILES string of the molecule is NC(=O)c1cc(OC2CCNCC2)c(O)cc1NI. The van der Waals surface area contributed by atoms with Crippen molar-refractivity contribution in [2.45, 2.75) is 18.9 Å². The summed E-state index contributed by atoms with van der Waals surface area (Å²) in [6.45, 7) is 1.78. The van der Waals surface area contributed by atoms with Crippen molar-refractivity contribution in [2.75, 3.05) is 16.6 Å². The first kappa shape index (κ1) is 14.2. The smallest absolute Gasteiger partial charge is 0.250 e. The molecule has 7 heteroatoms. The molecule has 1 aliphatic heterocycles. The second kappa shape index (κ2) is 6.29. The third-order valence-corrected chi connectivity index (χ3v) is 3.63. The minimum atomic E-state index is -0.561. The van der Waals surface area contributed by atoms with Crippen LogP contribution in [-0.2, 0) is 0 Å². The van der Waals surface area contributed by atoms with Crippen LogP contribution in [-0.4, -0.2) is 30.2 Å². The van der Waals surface area contributed by atoms with Gasteiger partial charge in [0, 0.05) is 6.07 Å². The Bertz CT molecular complexity index is 476. The van der Waals surface area contributed by atoms with Gasteiger partial charge in [0.15, 0.2) is 11.5 Å². The summed E-state index contributed by atoms with van der Waals surface area (Å²) in [4.78, 5) is 11.4. The summed E-state index contributed by atoms with van der Waals surface area (Å²) in [6, 6.07) is 2.93. The molecule has 1 aromatic rings. The van der Waals surface area contributed by atoms with Gasteiger partial charge >= 0.3 is 0 Å². The number of benzene rings is 1. The first-order valence-electron chi connectivity index (χ1n) is 6.02. The number of piperidine rings is 1. The van der Waals surface area contributed by atoms with Crippen LogP contribution in [0.5, 0.6) is 11.5 Å². The molecule has 5 N–H and O–H groups in total. The Balaban J connectivity index is 2.24. The average molecular weight is 377 g/mol. The monoisotopic (exact) mass is 377 g/mol. The standard InChI is InChI=1S/C12H16IN3O3/c13-16-9-6-10(17)11(5-8(9)12(14)18)19-7-1-3-15-4-2-7/h5-7,15-17H,1-4H2,(H2,14,18). The third kappa shape index (κ3) is 3.41. The number of amides is 1. The topological polar surface area (TPSA) is 96.6 Å². The van der Waals surface area contributed by atoms with E-state index in [1.165, 1.54) is 12.1 Å². The number of hydrogen-bond donors (Lipinski definition) is 4. The van der Waals surface area contributed by atoms with E-state index in [0.29, 0.717) is 17.0 Å². The second-order valence-corrected chi connectivity index (χ2v) is 4.93. The number of carbonyl (C=O) groups is 1. The molecule has 0 atom stereocenters. The lowest BCUT2D eigenvalue weighted by Gasteiger charge is -2.24. The highest BCUT2D eigenvalue weighted by atomic mass is 127. The quantitative estimate of drug-likeness (QED) is 0.470. The predicted octanol–water partition coefficient (Wildman–Crippen LogP) is 1.38. The van der Waals surface area contributed by atoms with Crippen LogP contribution in [0.1, 0.15) is 23.2 Å². The maximum absolute atomic E-state index is 11.4. The van der Waals surface area contributed by atoms with Crippen molar-refractivity contribution in [2.24, 2.45) is 5.73 Å². The summed E-state index contributed by atoms with van der Waals surface area (Å²) in [6.07, 6.45) is 1.79. The minimum Gasteiger partial charge on any atom is -0.504 e. The van der Waals surface area contributed by atoms with Crippen molar-refractivity contribution < 1.29 is 14.6 Å². The molecule has 2 rings (SSSR count). The lowest BCUT2D eigenvalue weighted by Crippen LogP contribution is -2.34.